The number of hydrogen-bond acceptors (Lipinski definition) is 5. The molecule has 130 valence electrons. The summed E-state index contributed by atoms with van der Waals surface area (Å²) in [5.74, 6) is -0.820. The van der Waals surface area contributed by atoms with E-state index in [2.05, 4.69) is 10.3 Å². The summed E-state index contributed by atoms with van der Waals surface area (Å²) in [6.07, 6.45) is 2.29. The van der Waals surface area contributed by atoms with Crippen LogP contribution >= 0.6 is 0 Å². The van der Waals surface area contributed by atoms with E-state index in [1.165, 1.54) is 7.11 Å². The quantitative estimate of drug-likeness (QED) is 0.793. The summed E-state index contributed by atoms with van der Waals surface area (Å²) in [6.45, 7) is 5.34. The van der Waals surface area contributed by atoms with Crippen molar-refractivity contribution in [1.82, 2.24) is 10.3 Å². The van der Waals surface area contributed by atoms with Gasteiger partial charge in [0.05, 0.1) is 13.7 Å². The van der Waals surface area contributed by atoms with E-state index in [0.717, 1.165) is 16.5 Å². The number of para-hydroxylation sites is 1. The van der Waals surface area contributed by atoms with Gasteiger partial charge in [0.1, 0.15) is 11.6 Å². The molecule has 0 amide bonds. The Balaban J connectivity index is 2.06. The number of aromatic amines is 1. The fourth-order valence-electron chi connectivity index (χ4n) is 2.49. The molecule has 0 bridgehead atoms. The topological polar surface area (TPSA) is 80.4 Å². The van der Waals surface area contributed by atoms with Crippen LogP contribution in [-0.4, -0.2) is 42.2 Å². The molecular formula is C18H24N2O4. The Morgan fingerprint density at radius 3 is 2.62 bits per heavy atom. The minimum atomic E-state index is -0.623. The first-order valence-corrected chi connectivity index (χ1v) is 7.88. The lowest BCUT2D eigenvalue weighted by molar-refractivity contribution is -0.154. The molecule has 1 aromatic heterocycles. The van der Waals surface area contributed by atoms with Crippen molar-refractivity contribution in [2.24, 2.45) is 0 Å². The maximum atomic E-state index is 12.0. The average molecular weight is 332 g/mol. The molecule has 0 aliphatic carbocycles. The first kappa shape index (κ1) is 18.0. The van der Waals surface area contributed by atoms with Gasteiger partial charge >= 0.3 is 11.9 Å². The second-order valence-electron chi connectivity index (χ2n) is 6.61. The number of ether oxygens (including phenoxy) is 2. The van der Waals surface area contributed by atoms with Gasteiger partial charge in [-0.15, -0.1) is 0 Å². The fraction of sp³-hybridized carbons (Fsp3) is 0.444. The van der Waals surface area contributed by atoms with Gasteiger partial charge in [-0.25, -0.2) is 0 Å². The second kappa shape index (κ2) is 7.49. The van der Waals surface area contributed by atoms with Crippen molar-refractivity contribution in [2.75, 3.05) is 13.7 Å². The van der Waals surface area contributed by atoms with Crippen LogP contribution in [0.25, 0.3) is 10.9 Å². The molecular weight excluding hydrogens is 308 g/mol. The number of carbonyl (C=O) groups is 2. The van der Waals surface area contributed by atoms with E-state index in [1.54, 1.807) is 20.8 Å². The van der Waals surface area contributed by atoms with Gasteiger partial charge in [0.25, 0.3) is 0 Å². The van der Waals surface area contributed by atoms with Crippen molar-refractivity contribution in [3.63, 3.8) is 0 Å². The van der Waals surface area contributed by atoms with Crippen molar-refractivity contribution in [1.29, 1.82) is 0 Å². The smallest absolute Gasteiger partial charge is 0.323 e. The standard InChI is InChI=1S/C18H24N2O4/c1-18(2,3)24-16(21)11-20-15(17(22)23-4)9-12-10-19-14-8-6-5-7-13(12)14/h5-8,10,15,19-20H,9,11H2,1-4H3. The highest BCUT2D eigenvalue weighted by Gasteiger charge is 2.23. The van der Waals surface area contributed by atoms with Gasteiger partial charge in [0.2, 0.25) is 0 Å². The summed E-state index contributed by atoms with van der Waals surface area (Å²) >= 11 is 0. The summed E-state index contributed by atoms with van der Waals surface area (Å²) in [5, 5.41) is 3.98. The summed E-state index contributed by atoms with van der Waals surface area (Å²) in [7, 11) is 1.33. The van der Waals surface area contributed by atoms with E-state index in [-0.39, 0.29) is 6.54 Å². The molecule has 6 nitrogen and oxygen atoms in total. The summed E-state index contributed by atoms with van der Waals surface area (Å²) < 4.78 is 10.1. The molecule has 2 N–H and O–H groups in total. The number of aromatic nitrogens is 1. The van der Waals surface area contributed by atoms with Crippen LogP contribution in [0.3, 0.4) is 0 Å². The van der Waals surface area contributed by atoms with Crippen LogP contribution in [0.2, 0.25) is 0 Å². The van der Waals surface area contributed by atoms with E-state index >= 15 is 0 Å². The Morgan fingerprint density at radius 2 is 1.96 bits per heavy atom. The molecule has 0 radical (unpaired) electrons. The molecule has 0 fully saturated rings. The maximum Gasteiger partial charge on any atom is 0.323 e. The third-order valence-corrected chi connectivity index (χ3v) is 3.50. The lowest BCUT2D eigenvalue weighted by atomic mass is 10.0. The summed E-state index contributed by atoms with van der Waals surface area (Å²) in [5.41, 5.74) is 1.43. The van der Waals surface area contributed by atoms with E-state index < -0.39 is 23.6 Å². The monoisotopic (exact) mass is 332 g/mol. The first-order chi connectivity index (χ1) is 11.3. The number of carbonyl (C=O) groups excluding carboxylic acids is 2. The van der Waals surface area contributed by atoms with Crippen LogP contribution in [-0.2, 0) is 25.5 Å². The Hall–Kier alpha value is -2.34. The molecule has 1 unspecified atom stereocenters. The summed E-state index contributed by atoms with van der Waals surface area (Å²) in [6, 6.07) is 7.23. The number of H-pyrrole nitrogens is 1. The predicted molar refractivity (Wildman–Crippen MR) is 91.7 cm³/mol. The molecule has 2 rings (SSSR count). The van der Waals surface area contributed by atoms with Gasteiger partial charge < -0.3 is 14.5 Å². The lowest BCUT2D eigenvalue weighted by Crippen LogP contribution is -2.43. The zero-order valence-corrected chi connectivity index (χ0v) is 14.5. The number of rotatable bonds is 6. The minimum absolute atomic E-state index is 0.0562. The minimum Gasteiger partial charge on any atom is -0.468 e. The van der Waals surface area contributed by atoms with E-state index in [0.29, 0.717) is 6.42 Å². The molecule has 6 heteroatoms. The van der Waals surface area contributed by atoms with Crippen molar-refractivity contribution in [3.05, 3.63) is 36.0 Å². The number of esters is 2. The van der Waals surface area contributed by atoms with Crippen molar-refractivity contribution in [3.8, 4) is 0 Å². The van der Waals surface area contributed by atoms with Crippen LogP contribution in [0.5, 0.6) is 0 Å². The highest BCUT2D eigenvalue weighted by atomic mass is 16.6. The van der Waals surface area contributed by atoms with Crippen LogP contribution in [0.1, 0.15) is 26.3 Å². The largest absolute Gasteiger partial charge is 0.468 e. The molecule has 1 heterocycles. The molecule has 0 saturated carbocycles. The molecule has 0 saturated heterocycles. The first-order valence-electron chi connectivity index (χ1n) is 7.88. The third kappa shape index (κ3) is 4.83. The molecule has 24 heavy (non-hydrogen) atoms. The summed E-state index contributed by atoms with van der Waals surface area (Å²) in [4.78, 5) is 27.0. The van der Waals surface area contributed by atoms with Gasteiger partial charge in [0.15, 0.2) is 0 Å². The van der Waals surface area contributed by atoms with E-state index in [1.807, 2.05) is 30.5 Å². The van der Waals surface area contributed by atoms with Gasteiger partial charge in [-0.3, -0.25) is 14.9 Å². The lowest BCUT2D eigenvalue weighted by Gasteiger charge is -2.21. The van der Waals surface area contributed by atoms with Crippen LogP contribution in [0.4, 0.5) is 0 Å². The molecule has 0 aliphatic rings. The van der Waals surface area contributed by atoms with Gasteiger partial charge in [-0.2, -0.15) is 0 Å². The third-order valence-electron chi connectivity index (χ3n) is 3.50. The molecule has 0 aliphatic heterocycles. The Bertz CT molecular complexity index is 715. The molecule has 1 aromatic carbocycles. The zero-order valence-electron chi connectivity index (χ0n) is 14.5. The zero-order chi connectivity index (χ0) is 17.7. The highest BCUT2D eigenvalue weighted by molar-refractivity contribution is 5.84. The second-order valence-corrected chi connectivity index (χ2v) is 6.61. The van der Waals surface area contributed by atoms with Crippen molar-refractivity contribution >= 4 is 22.8 Å². The van der Waals surface area contributed by atoms with Crippen LogP contribution in [0.15, 0.2) is 30.5 Å². The molecule has 1 atom stereocenters. The molecule has 2 aromatic rings. The van der Waals surface area contributed by atoms with Gasteiger partial charge in [-0.1, -0.05) is 18.2 Å². The van der Waals surface area contributed by atoms with Gasteiger partial charge in [0, 0.05) is 23.5 Å². The predicted octanol–water partition coefficient (Wildman–Crippen LogP) is 2.18. The number of benzene rings is 1. The fourth-order valence-corrected chi connectivity index (χ4v) is 2.49. The molecule has 0 spiro atoms. The van der Waals surface area contributed by atoms with Gasteiger partial charge in [-0.05, 0) is 32.4 Å². The Morgan fingerprint density at radius 1 is 1.25 bits per heavy atom. The normalized spacial score (nSPS) is 12.8. The van der Waals surface area contributed by atoms with Crippen LogP contribution in [0, 0.1) is 0 Å². The van der Waals surface area contributed by atoms with Crippen LogP contribution < -0.4 is 5.32 Å². The number of nitrogens with one attached hydrogen (secondary N) is 2. The van der Waals surface area contributed by atoms with Crippen molar-refractivity contribution < 1.29 is 19.1 Å². The number of fused-ring (bicyclic) bond motifs is 1. The highest BCUT2D eigenvalue weighted by Crippen LogP contribution is 2.19. The maximum absolute atomic E-state index is 12.0. The average Bonchev–Trinajstić information content (AvgIpc) is 2.92. The number of methoxy groups -OCH3 is 1. The van der Waals surface area contributed by atoms with E-state index in [9.17, 15) is 9.59 Å². The Labute approximate surface area is 141 Å². The van der Waals surface area contributed by atoms with E-state index in [4.69, 9.17) is 9.47 Å². The SMILES string of the molecule is COC(=O)C(Cc1c[nH]c2ccccc12)NCC(=O)OC(C)(C)C. The number of hydrogen-bond donors (Lipinski definition) is 2. The Kier molecular flexibility index (Phi) is 5.62. The van der Waals surface area contributed by atoms with Crippen molar-refractivity contribution in [2.45, 2.75) is 38.8 Å².